The molecule has 5 heterocycles. The average molecular weight is 486 g/mol. The molecular formula is C26H39N5O2S. The number of hydrogen-bond acceptors (Lipinski definition) is 7. The summed E-state index contributed by atoms with van der Waals surface area (Å²) in [5.74, 6) is 1.77. The minimum absolute atomic E-state index is 0.164. The van der Waals surface area contributed by atoms with E-state index in [9.17, 15) is 4.79 Å². The number of piperidine rings is 1. The summed E-state index contributed by atoms with van der Waals surface area (Å²) in [6.07, 6.45) is 5.98. The van der Waals surface area contributed by atoms with E-state index in [4.69, 9.17) is 9.72 Å². The molecule has 34 heavy (non-hydrogen) atoms. The molecule has 1 spiro atoms. The van der Waals surface area contributed by atoms with E-state index in [1.54, 1.807) is 17.7 Å². The number of aryl methyl sites for hydroxylation is 1. The van der Waals surface area contributed by atoms with Crippen molar-refractivity contribution in [3.05, 3.63) is 17.3 Å². The standard InChI is InChI=1S/C26H39N5O2S/c1-6-20-13-21-22(27-17-28-23(21)34-20)30-12-9-26(14-30)15-31(16-26)18(2)19-7-10-29(11-8-19)24(32)33-25(3,4)5/h13,17-19H,6-12,14-16H2,1-5H3/t18-/m0/s1. The highest BCUT2D eigenvalue weighted by atomic mass is 32.1. The van der Waals surface area contributed by atoms with Crippen molar-refractivity contribution in [2.24, 2.45) is 11.3 Å². The van der Waals surface area contributed by atoms with Crippen LogP contribution in [0.4, 0.5) is 10.6 Å². The molecule has 0 saturated carbocycles. The SMILES string of the molecule is CCc1cc2c(N3CCC4(C3)CN([C@@H](C)C3CCN(C(=O)OC(C)(C)C)CC3)C4)ncnc2s1. The summed E-state index contributed by atoms with van der Waals surface area (Å²) in [6.45, 7) is 16.5. The molecule has 1 amide bonds. The van der Waals surface area contributed by atoms with Gasteiger partial charge in [0, 0.05) is 55.6 Å². The number of hydrogen-bond donors (Lipinski definition) is 0. The number of ether oxygens (including phenoxy) is 1. The Hall–Kier alpha value is -1.93. The van der Waals surface area contributed by atoms with Crippen molar-refractivity contribution in [3.63, 3.8) is 0 Å². The van der Waals surface area contributed by atoms with E-state index in [0.717, 1.165) is 56.1 Å². The normalized spacial score (nSPS) is 22.4. The zero-order chi connectivity index (χ0) is 24.1. The second kappa shape index (κ2) is 8.94. The van der Waals surface area contributed by atoms with Crippen molar-refractivity contribution >= 4 is 33.5 Å². The van der Waals surface area contributed by atoms with Crippen LogP contribution >= 0.6 is 11.3 Å². The third-order valence-electron chi connectivity index (χ3n) is 7.97. The van der Waals surface area contributed by atoms with Gasteiger partial charge in [0.05, 0.1) is 5.39 Å². The van der Waals surface area contributed by atoms with Gasteiger partial charge in [-0.1, -0.05) is 6.92 Å². The Morgan fingerprint density at radius 3 is 2.62 bits per heavy atom. The van der Waals surface area contributed by atoms with Crippen LogP contribution < -0.4 is 4.90 Å². The molecule has 8 heteroatoms. The van der Waals surface area contributed by atoms with Gasteiger partial charge in [0.2, 0.25) is 0 Å². The van der Waals surface area contributed by atoms with Crippen LogP contribution in [0.1, 0.15) is 58.8 Å². The fourth-order valence-corrected chi connectivity index (χ4v) is 6.92. The Balaban J connectivity index is 1.14. The van der Waals surface area contributed by atoms with Crippen molar-refractivity contribution in [1.29, 1.82) is 0 Å². The van der Waals surface area contributed by atoms with Crippen LogP contribution in [-0.2, 0) is 11.2 Å². The van der Waals surface area contributed by atoms with E-state index in [0.29, 0.717) is 17.4 Å². The van der Waals surface area contributed by atoms with Gasteiger partial charge >= 0.3 is 6.09 Å². The molecular weight excluding hydrogens is 446 g/mol. The predicted molar refractivity (Wildman–Crippen MR) is 138 cm³/mol. The highest BCUT2D eigenvalue weighted by Gasteiger charge is 2.50. The van der Waals surface area contributed by atoms with Gasteiger partial charge in [-0.3, -0.25) is 4.90 Å². The highest BCUT2D eigenvalue weighted by molar-refractivity contribution is 7.18. The molecule has 5 rings (SSSR count). The number of thiophene rings is 1. The first-order chi connectivity index (χ1) is 16.2. The Kier molecular flexibility index (Phi) is 6.25. The third-order valence-corrected chi connectivity index (χ3v) is 9.16. The lowest BCUT2D eigenvalue weighted by molar-refractivity contribution is -0.0400. The second-order valence-corrected chi connectivity index (χ2v) is 12.7. The number of aromatic nitrogens is 2. The number of carbonyl (C=O) groups is 1. The van der Waals surface area contributed by atoms with Crippen molar-refractivity contribution in [2.75, 3.05) is 44.2 Å². The molecule has 0 bridgehead atoms. The molecule has 0 aliphatic carbocycles. The molecule has 0 radical (unpaired) electrons. The number of nitrogens with zero attached hydrogens (tertiary/aromatic N) is 5. The highest BCUT2D eigenvalue weighted by Crippen LogP contribution is 2.44. The number of amides is 1. The molecule has 186 valence electrons. The van der Waals surface area contributed by atoms with Crippen LogP contribution in [0.5, 0.6) is 0 Å². The first-order valence-corrected chi connectivity index (χ1v) is 13.7. The maximum absolute atomic E-state index is 12.4. The third kappa shape index (κ3) is 4.63. The lowest BCUT2D eigenvalue weighted by Gasteiger charge is -2.53. The first kappa shape index (κ1) is 23.8. The Bertz CT molecular complexity index is 1030. The minimum atomic E-state index is -0.429. The van der Waals surface area contributed by atoms with Crippen LogP contribution in [0.3, 0.4) is 0 Å². The Morgan fingerprint density at radius 1 is 1.21 bits per heavy atom. The molecule has 7 nitrogen and oxygen atoms in total. The van der Waals surface area contributed by atoms with E-state index >= 15 is 0 Å². The van der Waals surface area contributed by atoms with E-state index in [-0.39, 0.29) is 6.09 Å². The van der Waals surface area contributed by atoms with Crippen molar-refractivity contribution in [2.45, 2.75) is 71.9 Å². The Labute approximate surface area is 207 Å². The van der Waals surface area contributed by atoms with E-state index in [1.807, 2.05) is 25.7 Å². The predicted octanol–water partition coefficient (Wildman–Crippen LogP) is 4.80. The fourth-order valence-electron chi connectivity index (χ4n) is 5.99. The molecule has 0 unspecified atom stereocenters. The number of rotatable bonds is 4. The summed E-state index contributed by atoms with van der Waals surface area (Å²) in [5, 5.41) is 1.22. The number of carbonyl (C=O) groups excluding carboxylic acids is 1. The van der Waals surface area contributed by atoms with E-state index < -0.39 is 5.60 Å². The van der Waals surface area contributed by atoms with Crippen LogP contribution in [0, 0.1) is 11.3 Å². The lowest BCUT2D eigenvalue weighted by atomic mass is 9.76. The van der Waals surface area contributed by atoms with Gasteiger partial charge in [0.15, 0.2) is 0 Å². The maximum atomic E-state index is 12.4. The second-order valence-electron chi connectivity index (χ2n) is 11.6. The lowest BCUT2D eigenvalue weighted by Crippen LogP contribution is -2.62. The Morgan fingerprint density at radius 2 is 1.94 bits per heavy atom. The van der Waals surface area contributed by atoms with Gasteiger partial charge in [-0.2, -0.15) is 0 Å². The minimum Gasteiger partial charge on any atom is -0.444 e. The van der Waals surface area contributed by atoms with Crippen molar-refractivity contribution < 1.29 is 9.53 Å². The van der Waals surface area contributed by atoms with Crippen LogP contribution in [0.2, 0.25) is 0 Å². The van der Waals surface area contributed by atoms with Gasteiger partial charge in [-0.15, -0.1) is 11.3 Å². The number of likely N-dealkylation sites (tertiary alicyclic amines) is 2. The number of anilines is 1. The fraction of sp³-hybridized carbons (Fsp3) is 0.731. The molecule has 2 aromatic rings. The zero-order valence-electron chi connectivity index (χ0n) is 21.3. The summed E-state index contributed by atoms with van der Waals surface area (Å²) in [4.78, 5) is 31.2. The molecule has 3 aliphatic rings. The monoisotopic (exact) mass is 485 g/mol. The molecule has 0 N–H and O–H groups in total. The van der Waals surface area contributed by atoms with Gasteiger partial charge in [0.1, 0.15) is 22.6 Å². The van der Waals surface area contributed by atoms with E-state index in [1.165, 1.54) is 29.8 Å². The molecule has 0 aromatic carbocycles. The van der Waals surface area contributed by atoms with Crippen LogP contribution in [0.15, 0.2) is 12.4 Å². The summed E-state index contributed by atoms with van der Waals surface area (Å²) in [5.41, 5.74) is -0.0338. The zero-order valence-corrected chi connectivity index (χ0v) is 22.2. The van der Waals surface area contributed by atoms with Gasteiger partial charge in [-0.25, -0.2) is 14.8 Å². The van der Waals surface area contributed by atoms with Gasteiger partial charge in [0.25, 0.3) is 0 Å². The summed E-state index contributed by atoms with van der Waals surface area (Å²) >= 11 is 1.80. The average Bonchev–Trinajstić information content (AvgIpc) is 3.41. The van der Waals surface area contributed by atoms with Crippen molar-refractivity contribution in [3.8, 4) is 0 Å². The van der Waals surface area contributed by atoms with Gasteiger partial charge < -0.3 is 14.5 Å². The summed E-state index contributed by atoms with van der Waals surface area (Å²) in [7, 11) is 0. The molecule has 2 aromatic heterocycles. The molecule has 3 aliphatic heterocycles. The van der Waals surface area contributed by atoms with Crippen molar-refractivity contribution in [1.82, 2.24) is 19.8 Å². The molecule has 1 atom stereocenters. The first-order valence-electron chi connectivity index (χ1n) is 12.9. The maximum Gasteiger partial charge on any atom is 0.410 e. The van der Waals surface area contributed by atoms with Gasteiger partial charge in [-0.05, 0) is 65.4 Å². The molecule has 3 fully saturated rings. The number of fused-ring (bicyclic) bond motifs is 1. The largest absolute Gasteiger partial charge is 0.444 e. The smallest absolute Gasteiger partial charge is 0.410 e. The topological polar surface area (TPSA) is 61.8 Å². The van der Waals surface area contributed by atoms with Crippen LogP contribution in [-0.4, -0.2) is 76.8 Å². The quantitative estimate of drug-likeness (QED) is 0.620. The summed E-state index contributed by atoms with van der Waals surface area (Å²) in [6, 6.07) is 2.86. The summed E-state index contributed by atoms with van der Waals surface area (Å²) < 4.78 is 5.56. The van der Waals surface area contributed by atoms with E-state index in [2.05, 4.69) is 34.7 Å². The van der Waals surface area contributed by atoms with Crippen LogP contribution in [0.25, 0.3) is 10.2 Å². The molecule has 3 saturated heterocycles.